The predicted molar refractivity (Wildman–Crippen MR) is 80.5 cm³/mol. The average Bonchev–Trinajstić information content (AvgIpc) is 2.95. The van der Waals surface area contributed by atoms with E-state index < -0.39 is 0 Å². The summed E-state index contributed by atoms with van der Waals surface area (Å²) in [7, 11) is 0. The van der Waals surface area contributed by atoms with Gasteiger partial charge in [-0.25, -0.2) is 0 Å². The van der Waals surface area contributed by atoms with Crippen LogP contribution >= 0.6 is 31.9 Å². The number of hydrogen-bond acceptors (Lipinski definition) is 1. The molecule has 2 fully saturated rings. The van der Waals surface area contributed by atoms with E-state index in [4.69, 9.17) is 0 Å². The van der Waals surface area contributed by atoms with Crippen molar-refractivity contribution in [2.45, 2.75) is 38.7 Å². The summed E-state index contributed by atoms with van der Waals surface area (Å²) >= 11 is 7.17. The molecule has 2 bridgehead atoms. The van der Waals surface area contributed by atoms with Crippen LogP contribution < -0.4 is 0 Å². The lowest BCUT2D eigenvalue weighted by Gasteiger charge is -2.28. The summed E-state index contributed by atoms with van der Waals surface area (Å²) in [6, 6.07) is 4.17. The van der Waals surface area contributed by atoms with Crippen molar-refractivity contribution in [1.29, 1.82) is 0 Å². The number of hydrogen-bond donors (Lipinski definition) is 1. The summed E-state index contributed by atoms with van der Waals surface area (Å²) in [5.74, 6) is 2.09. The number of benzene rings is 1. The maximum Gasteiger partial charge on any atom is 0.0832 e. The highest BCUT2D eigenvalue weighted by atomic mass is 79.9. The molecule has 1 N–H and O–H groups in total. The molecule has 98 valence electrons. The Hall–Kier alpha value is 0.140. The number of aryl methyl sites for hydroxylation is 1. The molecule has 3 heteroatoms. The van der Waals surface area contributed by atoms with Crippen LogP contribution in [0.15, 0.2) is 21.1 Å². The number of halogens is 2. The standard InChI is InChI=1S/C15H18Br2O/c1-8-4-14(17)12(7-13(8)16)15(18)11-6-9-2-3-10(11)5-9/h4,7,9-11,15,18H,2-3,5-6H2,1H3. The fourth-order valence-corrected chi connectivity index (χ4v) is 4.85. The van der Waals surface area contributed by atoms with Crippen molar-refractivity contribution >= 4 is 31.9 Å². The Labute approximate surface area is 125 Å². The molecule has 2 aliphatic rings. The van der Waals surface area contributed by atoms with Crippen LogP contribution in [0.3, 0.4) is 0 Å². The fraction of sp³-hybridized carbons (Fsp3) is 0.600. The molecule has 0 spiro atoms. The second kappa shape index (κ2) is 4.92. The van der Waals surface area contributed by atoms with Crippen LogP contribution in [0.5, 0.6) is 0 Å². The second-order valence-corrected chi connectivity index (χ2v) is 7.62. The van der Waals surface area contributed by atoms with Crippen LogP contribution in [0.1, 0.15) is 42.9 Å². The Morgan fingerprint density at radius 3 is 2.56 bits per heavy atom. The van der Waals surface area contributed by atoms with Gasteiger partial charge in [-0.15, -0.1) is 0 Å². The van der Waals surface area contributed by atoms with Gasteiger partial charge in [0.2, 0.25) is 0 Å². The van der Waals surface area contributed by atoms with Gasteiger partial charge in [0.15, 0.2) is 0 Å². The van der Waals surface area contributed by atoms with Gasteiger partial charge in [-0.2, -0.15) is 0 Å². The molecule has 0 heterocycles. The maximum atomic E-state index is 10.7. The summed E-state index contributed by atoms with van der Waals surface area (Å²) in [6.07, 6.45) is 4.94. The molecule has 1 aromatic rings. The lowest BCUT2D eigenvalue weighted by atomic mass is 9.82. The van der Waals surface area contributed by atoms with Gasteiger partial charge in [0.1, 0.15) is 0 Å². The first-order valence-corrected chi connectivity index (χ1v) is 8.28. The van der Waals surface area contributed by atoms with E-state index in [2.05, 4.69) is 50.9 Å². The summed E-state index contributed by atoms with van der Waals surface area (Å²) in [5.41, 5.74) is 2.25. The van der Waals surface area contributed by atoms with Gasteiger partial charge >= 0.3 is 0 Å². The molecule has 0 aliphatic heterocycles. The van der Waals surface area contributed by atoms with Gasteiger partial charge in [0, 0.05) is 8.95 Å². The summed E-state index contributed by atoms with van der Waals surface area (Å²) in [6.45, 7) is 2.07. The third-order valence-electron chi connectivity index (χ3n) is 4.79. The minimum atomic E-state index is -0.313. The third-order valence-corrected chi connectivity index (χ3v) is 6.34. The van der Waals surface area contributed by atoms with Crippen LogP contribution in [0.2, 0.25) is 0 Å². The maximum absolute atomic E-state index is 10.7. The highest BCUT2D eigenvalue weighted by molar-refractivity contribution is 9.11. The van der Waals surface area contributed by atoms with Gasteiger partial charge in [0.25, 0.3) is 0 Å². The van der Waals surface area contributed by atoms with E-state index in [0.29, 0.717) is 5.92 Å². The molecule has 0 saturated heterocycles. The molecule has 18 heavy (non-hydrogen) atoms. The van der Waals surface area contributed by atoms with Crippen molar-refractivity contribution in [2.24, 2.45) is 17.8 Å². The van der Waals surface area contributed by atoms with Gasteiger partial charge in [-0.3, -0.25) is 0 Å². The third kappa shape index (κ3) is 2.19. The minimum Gasteiger partial charge on any atom is -0.388 e. The first-order chi connectivity index (χ1) is 8.56. The summed E-state index contributed by atoms with van der Waals surface area (Å²) in [5, 5.41) is 10.7. The molecule has 3 rings (SSSR count). The van der Waals surface area contributed by atoms with E-state index >= 15 is 0 Å². The molecule has 0 radical (unpaired) electrons. The molecule has 2 aliphatic carbocycles. The number of aliphatic hydroxyl groups is 1. The molecule has 4 atom stereocenters. The van der Waals surface area contributed by atoms with E-state index in [9.17, 15) is 5.11 Å². The van der Waals surface area contributed by atoms with Gasteiger partial charge in [-0.1, -0.05) is 38.3 Å². The molecule has 0 amide bonds. The van der Waals surface area contributed by atoms with Crippen molar-refractivity contribution in [2.75, 3.05) is 0 Å². The van der Waals surface area contributed by atoms with Gasteiger partial charge < -0.3 is 5.11 Å². The SMILES string of the molecule is Cc1cc(Br)c(C(O)C2CC3CCC2C3)cc1Br. The first-order valence-electron chi connectivity index (χ1n) is 6.70. The second-order valence-electron chi connectivity index (χ2n) is 5.91. The largest absolute Gasteiger partial charge is 0.388 e. The lowest BCUT2D eigenvalue weighted by Crippen LogP contribution is -2.19. The Morgan fingerprint density at radius 1 is 1.17 bits per heavy atom. The van der Waals surface area contributed by atoms with E-state index in [-0.39, 0.29) is 6.10 Å². The zero-order valence-electron chi connectivity index (χ0n) is 10.5. The smallest absolute Gasteiger partial charge is 0.0832 e. The van der Waals surface area contributed by atoms with E-state index in [0.717, 1.165) is 26.3 Å². The van der Waals surface area contributed by atoms with Crippen molar-refractivity contribution in [3.05, 3.63) is 32.2 Å². The van der Waals surface area contributed by atoms with Crippen LogP contribution in [0, 0.1) is 24.7 Å². The zero-order chi connectivity index (χ0) is 12.9. The van der Waals surface area contributed by atoms with E-state index in [1.807, 2.05) is 0 Å². The van der Waals surface area contributed by atoms with E-state index in [1.54, 1.807) is 0 Å². The topological polar surface area (TPSA) is 20.2 Å². The molecular weight excluding hydrogens is 356 g/mol. The van der Waals surface area contributed by atoms with Crippen molar-refractivity contribution in [3.8, 4) is 0 Å². The predicted octanol–water partition coefficient (Wildman–Crippen LogP) is 4.99. The minimum absolute atomic E-state index is 0.313. The summed E-state index contributed by atoms with van der Waals surface area (Å²) < 4.78 is 2.13. The Balaban J connectivity index is 1.88. The molecule has 1 aromatic carbocycles. The molecular formula is C15H18Br2O. The quantitative estimate of drug-likeness (QED) is 0.774. The number of aliphatic hydroxyl groups excluding tert-OH is 1. The highest BCUT2D eigenvalue weighted by Crippen LogP contribution is 2.53. The van der Waals surface area contributed by atoms with Gasteiger partial charge in [-0.05, 0) is 67.2 Å². The van der Waals surface area contributed by atoms with Crippen molar-refractivity contribution in [3.63, 3.8) is 0 Å². The molecule has 0 aromatic heterocycles. The summed E-state index contributed by atoms with van der Waals surface area (Å²) in [4.78, 5) is 0. The lowest BCUT2D eigenvalue weighted by molar-refractivity contribution is 0.0739. The Bertz CT molecular complexity index is 472. The van der Waals surface area contributed by atoms with Crippen LogP contribution in [-0.2, 0) is 0 Å². The van der Waals surface area contributed by atoms with Crippen LogP contribution in [0.4, 0.5) is 0 Å². The average molecular weight is 374 g/mol. The monoisotopic (exact) mass is 372 g/mol. The molecule has 1 nitrogen and oxygen atoms in total. The molecule has 4 unspecified atom stereocenters. The Kier molecular flexibility index (Phi) is 3.59. The zero-order valence-corrected chi connectivity index (χ0v) is 13.7. The molecule has 2 saturated carbocycles. The van der Waals surface area contributed by atoms with Crippen molar-refractivity contribution < 1.29 is 5.11 Å². The van der Waals surface area contributed by atoms with Crippen LogP contribution in [0.25, 0.3) is 0 Å². The van der Waals surface area contributed by atoms with Crippen molar-refractivity contribution in [1.82, 2.24) is 0 Å². The first kappa shape index (κ1) is 13.1. The van der Waals surface area contributed by atoms with E-state index in [1.165, 1.54) is 31.2 Å². The normalized spacial score (nSPS) is 31.9. The van der Waals surface area contributed by atoms with Crippen LogP contribution in [-0.4, -0.2) is 5.11 Å². The Morgan fingerprint density at radius 2 is 1.94 bits per heavy atom. The number of rotatable bonds is 2. The van der Waals surface area contributed by atoms with Gasteiger partial charge in [0.05, 0.1) is 6.10 Å². The highest BCUT2D eigenvalue weighted by Gasteiger charge is 2.43. The fourth-order valence-electron chi connectivity index (χ4n) is 3.80. The number of fused-ring (bicyclic) bond motifs is 2.